The van der Waals surface area contributed by atoms with E-state index in [2.05, 4.69) is 5.32 Å². The smallest absolute Gasteiger partial charge is 0.335 e. The Kier molecular flexibility index (Phi) is 4.04. The van der Waals surface area contributed by atoms with E-state index in [-0.39, 0.29) is 5.57 Å². The van der Waals surface area contributed by atoms with Crippen molar-refractivity contribution in [2.24, 2.45) is 0 Å². The van der Waals surface area contributed by atoms with E-state index < -0.39 is 17.8 Å². The van der Waals surface area contributed by atoms with Gasteiger partial charge in [-0.25, -0.2) is 9.69 Å². The van der Waals surface area contributed by atoms with Crippen LogP contribution in [-0.2, 0) is 9.59 Å². The lowest BCUT2D eigenvalue weighted by Crippen LogP contribution is -2.54. The summed E-state index contributed by atoms with van der Waals surface area (Å²) in [5.41, 5.74) is 2.73. The fraction of sp³-hybridized carbons (Fsp3) is 0.211. The first-order valence-electron chi connectivity index (χ1n) is 7.84. The molecule has 0 aliphatic carbocycles. The number of rotatable bonds is 2. The molecule has 2 aromatic rings. The molecule has 0 spiro atoms. The zero-order valence-electron chi connectivity index (χ0n) is 14.5. The highest BCUT2D eigenvalue weighted by molar-refractivity contribution is 6.39. The van der Waals surface area contributed by atoms with E-state index in [4.69, 9.17) is 4.42 Å². The first kappa shape index (κ1) is 16.7. The third-order valence-electron chi connectivity index (χ3n) is 4.30. The van der Waals surface area contributed by atoms with Crippen molar-refractivity contribution in [3.63, 3.8) is 0 Å². The number of hydrogen-bond donors (Lipinski definition) is 1. The highest BCUT2D eigenvalue weighted by atomic mass is 16.3. The second-order valence-corrected chi connectivity index (χ2v) is 6.05. The van der Waals surface area contributed by atoms with Gasteiger partial charge in [-0.05, 0) is 57.0 Å². The number of amides is 4. The molecule has 0 radical (unpaired) electrons. The van der Waals surface area contributed by atoms with Gasteiger partial charge in [-0.15, -0.1) is 0 Å². The minimum atomic E-state index is -0.749. The molecular formula is C19H18N2O4. The number of urea groups is 1. The van der Waals surface area contributed by atoms with Crippen molar-refractivity contribution in [2.75, 3.05) is 4.90 Å². The molecule has 1 aliphatic heterocycles. The van der Waals surface area contributed by atoms with Crippen LogP contribution < -0.4 is 10.2 Å². The van der Waals surface area contributed by atoms with Gasteiger partial charge in [0.2, 0.25) is 0 Å². The molecule has 2 heterocycles. The van der Waals surface area contributed by atoms with Gasteiger partial charge in [-0.1, -0.05) is 12.1 Å². The standard InChI is InChI=1S/C19H18N2O4/c1-10-6-5-7-16(12(10)3)21-18(23)15(17(22)20-19(21)24)9-14-8-11(2)25-13(14)4/h5-9H,1-4H3,(H,20,22,24)/b15-9+. The van der Waals surface area contributed by atoms with Gasteiger partial charge in [0, 0.05) is 5.56 Å². The molecule has 6 nitrogen and oxygen atoms in total. The van der Waals surface area contributed by atoms with Crippen LogP contribution in [0.25, 0.3) is 6.08 Å². The van der Waals surface area contributed by atoms with Crippen molar-refractivity contribution >= 4 is 29.6 Å². The average molecular weight is 338 g/mol. The van der Waals surface area contributed by atoms with E-state index in [9.17, 15) is 14.4 Å². The molecule has 0 atom stereocenters. The number of benzene rings is 1. The molecule has 1 N–H and O–H groups in total. The van der Waals surface area contributed by atoms with Crippen LogP contribution in [0.1, 0.15) is 28.2 Å². The first-order chi connectivity index (χ1) is 11.8. The van der Waals surface area contributed by atoms with Crippen LogP contribution in [0.5, 0.6) is 0 Å². The minimum Gasteiger partial charge on any atom is -0.466 e. The fourth-order valence-corrected chi connectivity index (χ4v) is 2.80. The SMILES string of the molecule is Cc1cc(/C=C2\C(=O)NC(=O)N(c3cccc(C)c3C)C2=O)c(C)o1. The highest BCUT2D eigenvalue weighted by Crippen LogP contribution is 2.27. The van der Waals surface area contributed by atoms with Crippen LogP contribution in [0.4, 0.5) is 10.5 Å². The topological polar surface area (TPSA) is 79.6 Å². The maximum absolute atomic E-state index is 12.9. The maximum Gasteiger partial charge on any atom is 0.335 e. The number of nitrogens with zero attached hydrogens (tertiary/aromatic N) is 1. The van der Waals surface area contributed by atoms with E-state index >= 15 is 0 Å². The lowest BCUT2D eigenvalue weighted by Gasteiger charge is -2.28. The van der Waals surface area contributed by atoms with Gasteiger partial charge >= 0.3 is 6.03 Å². The van der Waals surface area contributed by atoms with Crippen LogP contribution >= 0.6 is 0 Å². The van der Waals surface area contributed by atoms with Crippen LogP contribution in [0.15, 0.2) is 34.3 Å². The normalized spacial score (nSPS) is 16.6. The Morgan fingerprint density at radius 2 is 1.80 bits per heavy atom. The summed E-state index contributed by atoms with van der Waals surface area (Å²) in [5.74, 6) is -0.0909. The lowest BCUT2D eigenvalue weighted by atomic mass is 10.0. The minimum absolute atomic E-state index is 0.107. The highest BCUT2D eigenvalue weighted by Gasteiger charge is 2.37. The molecule has 1 fully saturated rings. The van der Waals surface area contributed by atoms with E-state index in [1.54, 1.807) is 32.0 Å². The van der Waals surface area contributed by atoms with Crippen molar-refractivity contribution < 1.29 is 18.8 Å². The Hall–Kier alpha value is -3.15. The number of barbiturate groups is 1. The summed E-state index contributed by atoms with van der Waals surface area (Å²) in [4.78, 5) is 38.3. The molecule has 0 bridgehead atoms. The van der Waals surface area contributed by atoms with Crippen LogP contribution in [0.2, 0.25) is 0 Å². The third-order valence-corrected chi connectivity index (χ3v) is 4.30. The lowest BCUT2D eigenvalue weighted by molar-refractivity contribution is -0.122. The summed E-state index contributed by atoms with van der Waals surface area (Å²) >= 11 is 0. The zero-order valence-corrected chi connectivity index (χ0v) is 14.5. The summed E-state index contributed by atoms with van der Waals surface area (Å²) in [5, 5.41) is 2.23. The van der Waals surface area contributed by atoms with Gasteiger partial charge in [-0.3, -0.25) is 14.9 Å². The zero-order chi connectivity index (χ0) is 18.3. The number of carbonyl (C=O) groups excluding carboxylic acids is 3. The second-order valence-electron chi connectivity index (χ2n) is 6.05. The monoisotopic (exact) mass is 338 g/mol. The number of hydrogen-bond acceptors (Lipinski definition) is 4. The number of nitrogens with one attached hydrogen (secondary N) is 1. The molecule has 1 saturated heterocycles. The molecule has 0 unspecified atom stereocenters. The molecule has 6 heteroatoms. The van der Waals surface area contributed by atoms with E-state index in [0.29, 0.717) is 22.8 Å². The summed E-state index contributed by atoms with van der Waals surface area (Å²) in [6.07, 6.45) is 1.45. The summed E-state index contributed by atoms with van der Waals surface area (Å²) in [7, 11) is 0. The van der Waals surface area contributed by atoms with Gasteiger partial charge in [-0.2, -0.15) is 0 Å². The quantitative estimate of drug-likeness (QED) is 0.674. The Morgan fingerprint density at radius 1 is 1.08 bits per heavy atom. The third kappa shape index (κ3) is 2.87. The van der Waals surface area contributed by atoms with E-state index in [1.807, 2.05) is 19.9 Å². The fourth-order valence-electron chi connectivity index (χ4n) is 2.80. The van der Waals surface area contributed by atoms with E-state index in [0.717, 1.165) is 16.0 Å². The molecule has 1 aromatic carbocycles. The molecule has 128 valence electrons. The number of imide groups is 2. The Bertz CT molecular complexity index is 937. The summed E-state index contributed by atoms with van der Waals surface area (Å²) in [6, 6.07) is 6.33. The van der Waals surface area contributed by atoms with Crippen LogP contribution in [0, 0.1) is 27.7 Å². The molecule has 1 aromatic heterocycles. The number of carbonyl (C=O) groups is 3. The van der Waals surface area contributed by atoms with Gasteiger partial charge in [0.05, 0.1) is 5.69 Å². The number of aryl methyl sites for hydroxylation is 3. The van der Waals surface area contributed by atoms with Crippen LogP contribution in [0.3, 0.4) is 0 Å². The summed E-state index contributed by atoms with van der Waals surface area (Å²) in [6.45, 7) is 7.25. The first-order valence-corrected chi connectivity index (χ1v) is 7.84. The predicted octanol–water partition coefficient (Wildman–Crippen LogP) is 3.18. The van der Waals surface area contributed by atoms with Gasteiger partial charge in [0.15, 0.2) is 0 Å². The number of anilines is 1. The predicted molar refractivity (Wildman–Crippen MR) is 93.1 cm³/mol. The van der Waals surface area contributed by atoms with Gasteiger partial charge in [0.1, 0.15) is 17.1 Å². The Balaban J connectivity index is 2.09. The molecule has 1 aliphatic rings. The van der Waals surface area contributed by atoms with Gasteiger partial charge in [0.25, 0.3) is 11.8 Å². The van der Waals surface area contributed by atoms with Gasteiger partial charge < -0.3 is 4.42 Å². The van der Waals surface area contributed by atoms with Crippen molar-refractivity contribution in [2.45, 2.75) is 27.7 Å². The maximum atomic E-state index is 12.9. The van der Waals surface area contributed by atoms with Crippen molar-refractivity contribution in [1.82, 2.24) is 5.32 Å². The van der Waals surface area contributed by atoms with Crippen molar-refractivity contribution in [3.05, 3.63) is 58.0 Å². The Morgan fingerprint density at radius 3 is 2.44 bits per heavy atom. The van der Waals surface area contributed by atoms with Crippen LogP contribution in [-0.4, -0.2) is 17.8 Å². The molecule has 3 rings (SSSR count). The van der Waals surface area contributed by atoms with Crippen molar-refractivity contribution in [1.29, 1.82) is 0 Å². The largest absolute Gasteiger partial charge is 0.466 e. The number of furan rings is 1. The van der Waals surface area contributed by atoms with E-state index in [1.165, 1.54) is 6.08 Å². The average Bonchev–Trinajstić information content (AvgIpc) is 2.85. The molecular weight excluding hydrogens is 320 g/mol. The Labute approximate surface area is 145 Å². The summed E-state index contributed by atoms with van der Waals surface area (Å²) < 4.78 is 5.43. The molecule has 4 amide bonds. The molecule has 0 saturated carbocycles. The second kappa shape index (κ2) is 6.05. The molecule has 25 heavy (non-hydrogen) atoms. The van der Waals surface area contributed by atoms with Crippen molar-refractivity contribution in [3.8, 4) is 0 Å².